The van der Waals surface area contributed by atoms with E-state index >= 15 is 0 Å². The van der Waals surface area contributed by atoms with E-state index in [0.29, 0.717) is 0 Å². The van der Waals surface area contributed by atoms with Crippen LogP contribution in [0.2, 0.25) is 0 Å². The molecule has 1 heterocycles. The van der Waals surface area contributed by atoms with E-state index in [9.17, 15) is 0 Å². The molecule has 0 unspecified atom stereocenters. The van der Waals surface area contributed by atoms with Crippen LogP contribution in [0.1, 0.15) is 19.4 Å². The van der Waals surface area contributed by atoms with Crippen LogP contribution in [0.25, 0.3) is 0 Å². The van der Waals surface area contributed by atoms with E-state index in [2.05, 4.69) is 42.1 Å². The van der Waals surface area contributed by atoms with Gasteiger partial charge in [-0.15, -0.1) is 0 Å². The summed E-state index contributed by atoms with van der Waals surface area (Å²) in [6.45, 7) is 6.31. The Hall–Kier alpha value is -0.600. The van der Waals surface area contributed by atoms with E-state index in [-0.39, 0.29) is 0 Å². The van der Waals surface area contributed by atoms with E-state index in [0.717, 1.165) is 19.5 Å². The molecule has 1 aromatic rings. The number of hydrogen-bond acceptors (Lipinski definition) is 2. The molecule has 1 nitrogen and oxygen atoms in total. The van der Waals surface area contributed by atoms with Crippen molar-refractivity contribution >= 4 is 11.3 Å². The van der Waals surface area contributed by atoms with Gasteiger partial charge in [0.25, 0.3) is 0 Å². The Kier molecular flexibility index (Phi) is 4.79. The topological polar surface area (TPSA) is 12.0 Å². The molecule has 72 valence electrons. The van der Waals surface area contributed by atoms with Crippen molar-refractivity contribution in [2.75, 3.05) is 13.1 Å². The summed E-state index contributed by atoms with van der Waals surface area (Å²) >= 11 is 1.77. The van der Waals surface area contributed by atoms with Crippen LogP contribution >= 0.6 is 11.3 Å². The maximum atomic E-state index is 3.38. The van der Waals surface area contributed by atoms with Gasteiger partial charge in [-0.2, -0.15) is 11.3 Å². The van der Waals surface area contributed by atoms with Crippen molar-refractivity contribution in [1.82, 2.24) is 5.32 Å². The van der Waals surface area contributed by atoms with Crippen molar-refractivity contribution in [3.05, 3.63) is 34.0 Å². The van der Waals surface area contributed by atoms with E-state index in [1.165, 1.54) is 11.1 Å². The summed E-state index contributed by atoms with van der Waals surface area (Å²) < 4.78 is 0. The predicted octanol–water partition coefficient (Wildman–Crippen LogP) is 2.85. The van der Waals surface area contributed by atoms with Gasteiger partial charge in [-0.1, -0.05) is 11.6 Å². The second-order valence-electron chi connectivity index (χ2n) is 3.37. The van der Waals surface area contributed by atoms with Gasteiger partial charge in [-0.05, 0) is 49.2 Å². The number of nitrogens with one attached hydrogen (secondary N) is 1. The normalized spacial score (nSPS) is 10.0. The van der Waals surface area contributed by atoms with E-state index in [4.69, 9.17) is 0 Å². The predicted molar refractivity (Wildman–Crippen MR) is 60.3 cm³/mol. The lowest BCUT2D eigenvalue weighted by Crippen LogP contribution is -2.16. The Balaban J connectivity index is 2.05. The molecule has 2 heteroatoms. The molecule has 0 atom stereocenters. The largest absolute Gasteiger partial charge is 0.313 e. The summed E-state index contributed by atoms with van der Waals surface area (Å²) in [7, 11) is 0. The minimum absolute atomic E-state index is 0.993. The van der Waals surface area contributed by atoms with Gasteiger partial charge in [0.2, 0.25) is 0 Å². The van der Waals surface area contributed by atoms with Crippen LogP contribution in [0.3, 0.4) is 0 Å². The maximum Gasteiger partial charge on any atom is 0.0137 e. The molecule has 0 aliphatic heterocycles. The first-order chi connectivity index (χ1) is 6.29. The van der Waals surface area contributed by atoms with Crippen molar-refractivity contribution in [3.8, 4) is 0 Å². The van der Waals surface area contributed by atoms with E-state index in [1.54, 1.807) is 11.3 Å². The van der Waals surface area contributed by atoms with Crippen LogP contribution in [0.4, 0.5) is 0 Å². The zero-order valence-corrected chi connectivity index (χ0v) is 9.16. The molecule has 0 saturated carbocycles. The molecule has 0 bridgehead atoms. The summed E-state index contributed by atoms with van der Waals surface area (Å²) in [4.78, 5) is 0. The van der Waals surface area contributed by atoms with Gasteiger partial charge in [0.15, 0.2) is 0 Å². The Morgan fingerprint density at radius 3 is 3.00 bits per heavy atom. The molecular weight excluding hydrogens is 178 g/mol. The maximum absolute atomic E-state index is 3.38. The average Bonchev–Trinajstić information content (AvgIpc) is 2.55. The third kappa shape index (κ3) is 4.86. The zero-order valence-electron chi connectivity index (χ0n) is 8.34. The van der Waals surface area contributed by atoms with Crippen LogP contribution in [-0.4, -0.2) is 13.1 Å². The monoisotopic (exact) mass is 195 g/mol. The Labute approximate surface area is 84.5 Å². The fourth-order valence-corrected chi connectivity index (χ4v) is 1.75. The number of hydrogen-bond donors (Lipinski definition) is 1. The zero-order chi connectivity index (χ0) is 9.52. The molecule has 0 aliphatic carbocycles. The average molecular weight is 195 g/mol. The van der Waals surface area contributed by atoms with Gasteiger partial charge >= 0.3 is 0 Å². The third-order valence-electron chi connectivity index (χ3n) is 1.83. The summed E-state index contributed by atoms with van der Waals surface area (Å²) in [5.74, 6) is 0. The molecule has 0 aliphatic rings. The van der Waals surface area contributed by atoms with Crippen LogP contribution in [0.15, 0.2) is 28.5 Å². The Morgan fingerprint density at radius 1 is 1.54 bits per heavy atom. The standard InChI is InChI=1S/C11H17NS/c1-10(2)3-6-12-7-4-11-5-8-13-9-11/h3,5,8-9,12H,4,6-7H2,1-2H3. The highest BCUT2D eigenvalue weighted by Crippen LogP contribution is 2.05. The summed E-state index contributed by atoms with van der Waals surface area (Å²) in [6.07, 6.45) is 3.35. The minimum atomic E-state index is 0.993. The van der Waals surface area contributed by atoms with E-state index < -0.39 is 0 Å². The molecule has 0 amide bonds. The van der Waals surface area contributed by atoms with Crippen LogP contribution in [0, 0.1) is 0 Å². The van der Waals surface area contributed by atoms with Crippen molar-refractivity contribution < 1.29 is 0 Å². The van der Waals surface area contributed by atoms with Gasteiger partial charge in [0.05, 0.1) is 0 Å². The number of thiophene rings is 1. The molecule has 0 saturated heterocycles. The third-order valence-corrected chi connectivity index (χ3v) is 2.56. The smallest absolute Gasteiger partial charge is 0.0137 e. The lowest BCUT2D eigenvalue weighted by Gasteiger charge is -1.99. The Morgan fingerprint density at radius 2 is 2.38 bits per heavy atom. The van der Waals surface area contributed by atoms with Gasteiger partial charge in [0.1, 0.15) is 0 Å². The summed E-state index contributed by atoms with van der Waals surface area (Å²) in [5.41, 5.74) is 2.82. The van der Waals surface area contributed by atoms with Gasteiger partial charge in [-0.25, -0.2) is 0 Å². The van der Waals surface area contributed by atoms with Crippen LogP contribution in [0.5, 0.6) is 0 Å². The first kappa shape index (κ1) is 10.5. The van der Waals surface area contributed by atoms with Gasteiger partial charge in [-0.3, -0.25) is 0 Å². The molecular formula is C11H17NS. The summed E-state index contributed by atoms with van der Waals surface area (Å²) in [5, 5.41) is 7.72. The number of allylic oxidation sites excluding steroid dienone is 1. The fraction of sp³-hybridized carbons (Fsp3) is 0.455. The van der Waals surface area contributed by atoms with Crippen molar-refractivity contribution in [1.29, 1.82) is 0 Å². The lowest BCUT2D eigenvalue weighted by atomic mass is 10.2. The van der Waals surface area contributed by atoms with Crippen molar-refractivity contribution in [2.24, 2.45) is 0 Å². The second-order valence-corrected chi connectivity index (χ2v) is 4.15. The summed E-state index contributed by atoms with van der Waals surface area (Å²) in [6, 6.07) is 2.19. The highest BCUT2D eigenvalue weighted by molar-refractivity contribution is 7.07. The molecule has 0 fully saturated rings. The van der Waals surface area contributed by atoms with E-state index in [1.807, 2.05) is 0 Å². The first-order valence-corrected chi connectivity index (χ1v) is 5.58. The molecule has 13 heavy (non-hydrogen) atoms. The van der Waals surface area contributed by atoms with Gasteiger partial charge in [0, 0.05) is 6.54 Å². The SMILES string of the molecule is CC(C)=CCNCCc1ccsc1. The van der Waals surface area contributed by atoms with Crippen LogP contribution in [-0.2, 0) is 6.42 Å². The minimum Gasteiger partial charge on any atom is -0.313 e. The number of rotatable bonds is 5. The molecule has 1 aromatic heterocycles. The van der Waals surface area contributed by atoms with Crippen molar-refractivity contribution in [2.45, 2.75) is 20.3 Å². The quantitative estimate of drug-likeness (QED) is 0.563. The molecule has 0 radical (unpaired) electrons. The first-order valence-electron chi connectivity index (χ1n) is 4.64. The van der Waals surface area contributed by atoms with Crippen LogP contribution < -0.4 is 5.32 Å². The molecule has 0 spiro atoms. The molecule has 1 N–H and O–H groups in total. The molecule has 1 rings (SSSR count). The second kappa shape index (κ2) is 5.95. The lowest BCUT2D eigenvalue weighted by molar-refractivity contribution is 0.743. The highest BCUT2D eigenvalue weighted by Gasteiger charge is 1.91. The Bertz CT molecular complexity index is 245. The van der Waals surface area contributed by atoms with Crippen molar-refractivity contribution in [3.63, 3.8) is 0 Å². The fourth-order valence-electron chi connectivity index (χ4n) is 1.05. The van der Waals surface area contributed by atoms with Gasteiger partial charge < -0.3 is 5.32 Å². The highest BCUT2D eigenvalue weighted by atomic mass is 32.1. The molecule has 0 aromatic carbocycles.